The van der Waals surface area contributed by atoms with E-state index in [4.69, 9.17) is 11.6 Å². The molecule has 1 N–H and O–H groups in total. The highest BCUT2D eigenvalue weighted by Gasteiger charge is 2.31. The minimum Gasteiger partial charge on any atom is -0.357 e. The molecule has 1 aliphatic heterocycles. The van der Waals surface area contributed by atoms with Crippen LogP contribution in [0.1, 0.15) is 12.0 Å². The molecule has 0 saturated heterocycles. The molecular weight excluding hydrogens is 310 g/mol. The summed E-state index contributed by atoms with van der Waals surface area (Å²) < 4.78 is 0. The van der Waals surface area contributed by atoms with Crippen LogP contribution in [0.3, 0.4) is 0 Å². The number of carbonyl (C=O) groups excluding carboxylic acids is 2. The van der Waals surface area contributed by atoms with Crippen LogP contribution in [0, 0.1) is 6.92 Å². The van der Waals surface area contributed by atoms with E-state index in [1.54, 1.807) is 17.0 Å². The lowest BCUT2D eigenvalue weighted by molar-refractivity contribution is -0.121. The molecule has 0 fully saturated rings. The Morgan fingerprint density at radius 2 is 2.19 bits per heavy atom. The van der Waals surface area contributed by atoms with E-state index < -0.39 is 5.25 Å². The van der Waals surface area contributed by atoms with Crippen molar-refractivity contribution in [2.24, 2.45) is 4.99 Å². The van der Waals surface area contributed by atoms with Gasteiger partial charge in [0.25, 0.3) is 5.91 Å². The molecule has 21 heavy (non-hydrogen) atoms. The number of amides is 2. The molecule has 0 aliphatic carbocycles. The van der Waals surface area contributed by atoms with E-state index in [9.17, 15) is 9.59 Å². The van der Waals surface area contributed by atoms with Gasteiger partial charge in [-0.05, 0) is 24.6 Å². The van der Waals surface area contributed by atoms with Crippen molar-refractivity contribution in [2.45, 2.75) is 18.6 Å². The lowest BCUT2D eigenvalue weighted by Crippen LogP contribution is -2.22. The molecule has 2 amide bonds. The van der Waals surface area contributed by atoms with Crippen LogP contribution in [-0.4, -0.2) is 41.2 Å². The maximum absolute atomic E-state index is 12.0. The van der Waals surface area contributed by atoms with E-state index in [0.29, 0.717) is 15.9 Å². The number of anilines is 1. The van der Waals surface area contributed by atoms with Crippen molar-refractivity contribution < 1.29 is 9.59 Å². The number of nitrogens with one attached hydrogen (secondary N) is 1. The minimum absolute atomic E-state index is 0.0931. The molecule has 0 saturated carbocycles. The van der Waals surface area contributed by atoms with Crippen molar-refractivity contribution in [3.63, 3.8) is 0 Å². The van der Waals surface area contributed by atoms with Gasteiger partial charge in [0.05, 0.1) is 0 Å². The first kappa shape index (κ1) is 15.9. The van der Waals surface area contributed by atoms with Crippen LogP contribution in [0.15, 0.2) is 23.2 Å². The number of halogens is 1. The summed E-state index contributed by atoms with van der Waals surface area (Å²) >= 11 is 7.32. The first-order valence-corrected chi connectivity index (χ1v) is 7.65. The summed E-state index contributed by atoms with van der Waals surface area (Å²) in [4.78, 5) is 29.4. The number of hydrogen-bond acceptors (Lipinski definition) is 4. The van der Waals surface area contributed by atoms with Gasteiger partial charge in [-0.3, -0.25) is 9.59 Å². The minimum atomic E-state index is -0.455. The van der Waals surface area contributed by atoms with Crippen molar-refractivity contribution in [3.8, 4) is 0 Å². The third-order valence-electron chi connectivity index (χ3n) is 2.94. The molecule has 2 rings (SSSR count). The molecule has 0 radical (unpaired) electrons. The van der Waals surface area contributed by atoms with Gasteiger partial charge in [0, 0.05) is 31.2 Å². The van der Waals surface area contributed by atoms with Crippen LogP contribution in [0.2, 0.25) is 5.02 Å². The Balaban J connectivity index is 1.94. The van der Waals surface area contributed by atoms with Gasteiger partial charge in [-0.25, -0.2) is 0 Å². The molecule has 0 spiro atoms. The summed E-state index contributed by atoms with van der Waals surface area (Å²) in [5, 5.41) is 3.52. The molecule has 7 heteroatoms. The average molecular weight is 326 g/mol. The number of benzene rings is 1. The topological polar surface area (TPSA) is 61.8 Å². The molecule has 0 aromatic heterocycles. The standard InChI is InChI=1S/C14H16ClN3O2S/c1-8-4-5-9(6-10(8)15)16-12(19)7-11-13(20)17-14(21-11)18(2)3/h4-6,11H,7H2,1-3H3,(H,16,19). The maximum atomic E-state index is 12.0. The van der Waals surface area contributed by atoms with Crippen LogP contribution in [0.25, 0.3) is 0 Å². The molecule has 1 heterocycles. The van der Waals surface area contributed by atoms with E-state index in [-0.39, 0.29) is 18.2 Å². The molecule has 112 valence electrons. The smallest absolute Gasteiger partial charge is 0.262 e. The number of thioether (sulfide) groups is 1. The second-order valence-electron chi connectivity index (χ2n) is 4.95. The van der Waals surface area contributed by atoms with Gasteiger partial charge in [0.2, 0.25) is 5.91 Å². The second kappa shape index (κ2) is 6.49. The Morgan fingerprint density at radius 3 is 2.76 bits per heavy atom. The number of aliphatic imine (C=N–C) groups is 1. The summed E-state index contributed by atoms with van der Waals surface area (Å²) in [6.07, 6.45) is 0.0931. The molecule has 1 atom stereocenters. The van der Waals surface area contributed by atoms with Crippen molar-refractivity contribution in [3.05, 3.63) is 28.8 Å². The maximum Gasteiger partial charge on any atom is 0.262 e. The monoisotopic (exact) mass is 325 g/mol. The number of rotatable bonds is 3. The average Bonchev–Trinajstić information content (AvgIpc) is 2.76. The summed E-state index contributed by atoms with van der Waals surface area (Å²) in [5.41, 5.74) is 1.57. The fraction of sp³-hybridized carbons (Fsp3) is 0.357. The van der Waals surface area contributed by atoms with Gasteiger partial charge in [-0.1, -0.05) is 29.4 Å². The lowest BCUT2D eigenvalue weighted by atomic mass is 10.2. The van der Waals surface area contributed by atoms with E-state index in [0.717, 1.165) is 5.56 Å². The van der Waals surface area contributed by atoms with Crippen molar-refractivity contribution in [2.75, 3.05) is 19.4 Å². The number of nitrogens with zero attached hydrogens (tertiary/aromatic N) is 2. The Kier molecular flexibility index (Phi) is 4.90. The molecule has 1 unspecified atom stereocenters. The predicted molar refractivity (Wildman–Crippen MR) is 86.9 cm³/mol. The molecule has 1 aromatic carbocycles. The Morgan fingerprint density at radius 1 is 1.48 bits per heavy atom. The van der Waals surface area contributed by atoms with E-state index >= 15 is 0 Å². The molecule has 1 aromatic rings. The van der Waals surface area contributed by atoms with Gasteiger partial charge in [0.1, 0.15) is 5.25 Å². The van der Waals surface area contributed by atoms with Crippen LogP contribution in [0.5, 0.6) is 0 Å². The third-order valence-corrected chi connectivity index (χ3v) is 4.67. The van der Waals surface area contributed by atoms with Crippen molar-refractivity contribution in [1.82, 2.24) is 4.90 Å². The lowest BCUT2D eigenvalue weighted by Gasteiger charge is -2.12. The van der Waals surface area contributed by atoms with Crippen molar-refractivity contribution >= 4 is 46.0 Å². The number of aryl methyl sites for hydroxylation is 1. The molecule has 0 bridgehead atoms. The summed E-state index contributed by atoms with van der Waals surface area (Å²) in [7, 11) is 3.63. The SMILES string of the molecule is Cc1ccc(NC(=O)CC2SC(N(C)C)=NC2=O)cc1Cl. The Bertz CT molecular complexity index is 616. The number of carbonyl (C=O) groups is 2. The van der Waals surface area contributed by atoms with Crippen LogP contribution in [0.4, 0.5) is 5.69 Å². The van der Waals surface area contributed by atoms with Crippen LogP contribution >= 0.6 is 23.4 Å². The third kappa shape index (κ3) is 3.98. The zero-order chi connectivity index (χ0) is 15.6. The van der Waals surface area contributed by atoms with Gasteiger partial charge in [-0.15, -0.1) is 0 Å². The molecular formula is C14H16ClN3O2S. The van der Waals surface area contributed by atoms with Gasteiger partial charge in [-0.2, -0.15) is 4.99 Å². The van der Waals surface area contributed by atoms with Crippen LogP contribution < -0.4 is 5.32 Å². The fourth-order valence-electron chi connectivity index (χ4n) is 1.76. The Labute approximate surface area is 132 Å². The van der Waals surface area contributed by atoms with E-state index in [2.05, 4.69) is 10.3 Å². The largest absolute Gasteiger partial charge is 0.357 e. The van der Waals surface area contributed by atoms with Crippen molar-refractivity contribution in [1.29, 1.82) is 0 Å². The zero-order valence-electron chi connectivity index (χ0n) is 12.0. The summed E-state index contributed by atoms with van der Waals surface area (Å²) in [5.74, 6) is -0.489. The summed E-state index contributed by atoms with van der Waals surface area (Å²) in [6, 6.07) is 5.31. The molecule has 1 aliphatic rings. The normalized spacial score (nSPS) is 17.6. The first-order valence-electron chi connectivity index (χ1n) is 6.39. The highest BCUT2D eigenvalue weighted by Crippen LogP contribution is 2.27. The first-order chi connectivity index (χ1) is 9.86. The summed E-state index contributed by atoms with van der Waals surface area (Å²) in [6.45, 7) is 1.89. The van der Waals surface area contributed by atoms with E-state index in [1.165, 1.54) is 11.8 Å². The predicted octanol–water partition coefficient (Wildman–Crippen LogP) is 2.54. The number of amidine groups is 1. The highest BCUT2D eigenvalue weighted by molar-refractivity contribution is 8.15. The fourth-order valence-corrected chi connectivity index (χ4v) is 2.93. The molecule has 5 nitrogen and oxygen atoms in total. The zero-order valence-corrected chi connectivity index (χ0v) is 13.6. The quantitative estimate of drug-likeness (QED) is 0.927. The van der Waals surface area contributed by atoms with E-state index in [1.807, 2.05) is 27.1 Å². The highest BCUT2D eigenvalue weighted by atomic mass is 35.5. The van der Waals surface area contributed by atoms with Gasteiger partial charge >= 0.3 is 0 Å². The number of hydrogen-bond donors (Lipinski definition) is 1. The second-order valence-corrected chi connectivity index (χ2v) is 6.53. The Hall–Kier alpha value is -1.53. The van der Waals surface area contributed by atoms with Crippen LogP contribution in [-0.2, 0) is 9.59 Å². The van der Waals surface area contributed by atoms with Gasteiger partial charge < -0.3 is 10.2 Å². The van der Waals surface area contributed by atoms with Gasteiger partial charge in [0.15, 0.2) is 5.17 Å².